The van der Waals surface area contributed by atoms with E-state index in [0.717, 1.165) is 6.42 Å². The molecule has 0 saturated carbocycles. The second-order valence-electron chi connectivity index (χ2n) is 3.75. The van der Waals surface area contributed by atoms with Crippen LogP contribution in [0.5, 0.6) is 11.5 Å². The summed E-state index contributed by atoms with van der Waals surface area (Å²) < 4.78 is 5.00. The van der Waals surface area contributed by atoms with Crippen molar-refractivity contribution in [2.45, 2.75) is 26.2 Å². The third kappa shape index (κ3) is 4.13. The van der Waals surface area contributed by atoms with Gasteiger partial charge in [0.25, 0.3) is 0 Å². The number of ether oxygens (including phenoxy) is 1. The van der Waals surface area contributed by atoms with Crippen molar-refractivity contribution in [2.75, 3.05) is 7.11 Å². The lowest BCUT2D eigenvalue weighted by Gasteiger charge is -2.10. The molecule has 0 aliphatic heterocycles. The van der Waals surface area contributed by atoms with Crippen molar-refractivity contribution in [1.29, 1.82) is 0 Å². The molecular formula is C13H15ClO5. The number of hydrogen-bond donors (Lipinski definition) is 0. The van der Waals surface area contributed by atoms with Crippen molar-refractivity contribution in [1.82, 2.24) is 0 Å². The highest BCUT2D eigenvalue weighted by Gasteiger charge is 2.16. The van der Waals surface area contributed by atoms with E-state index < -0.39 is 5.97 Å². The molecule has 1 aromatic rings. The minimum absolute atomic E-state index is 0.0844. The summed E-state index contributed by atoms with van der Waals surface area (Å²) in [6.07, 6.45) is 2.38. The highest BCUT2D eigenvalue weighted by atomic mass is 35.5. The van der Waals surface area contributed by atoms with Crippen LogP contribution in [0.4, 0.5) is 0 Å². The maximum absolute atomic E-state index is 11.3. The quantitative estimate of drug-likeness (QED) is 0.438. The Bertz CT molecular complexity index is 459. The van der Waals surface area contributed by atoms with E-state index in [-0.39, 0.29) is 28.5 Å². The lowest BCUT2D eigenvalue weighted by Crippen LogP contribution is -2.09. The number of carbonyl (C=O) groups is 2. The fraction of sp³-hybridized carbons (Fsp3) is 0.385. The third-order valence-corrected chi connectivity index (χ3v) is 2.69. The SMILES string of the molecule is CCCCC(=O)OOc1ccc(Cl)c(OC)c1C=O. The van der Waals surface area contributed by atoms with Crippen LogP contribution < -0.4 is 9.62 Å². The van der Waals surface area contributed by atoms with Crippen molar-refractivity contribution in [3.8, 4) is 11.5 Å². The highest BCUT2D eigenvalue weighted by Crippen LogP contribution is 2.34. The van der Waals surface area contributed by atoms with Crippen LogP contribution in [0.25, 0.3) is 0 Å². The highest BCUT2D eigenvalue weighted by molar-refractivity contribution is 6.32. The van der Waals surface area contributed by atoms with Gasteiger partial charge in [-0.1, -0.05) is 24.9 Å². The van der Waals surface area contributed by atoms with Crippen LogP contribution in [0.3, 0.4) is 0 Å². The van der Waals surface area contributed by atoms with Gasteiger partial charge in [0.05, 0.1) is 18.6 Å². The van der Waals surface area contributed by atoms with E-state index in [0.29, 0.717) is 12.7 Å². The number of benzene rings is 1. The van der Waals surface area contributed by atoms with Crippen LogP contribution in [-0.2, 0) is 9.68 Å². The number of unbranched alkanes of at least 4 members (excludes halogenated alkanes) is 1. The topological polar surface area (TPSA) is 61.8 Å². The van der Waals surface area contributed by atoms with E-state index in [2.05, 4.69) is 4.89 Å². The maximum atomic E-state index is 11.3. The Kier molecular flexibility index (Phi) is 6.15. The molecule has 0 aliphatic carbocycles. The summed E-state index contributed by atoms with van der Waals surface area (Å²) in [4.78, 5) is 31.8. The lowest BCUT2D eigenvalue weighted by atomic mass is 10.2. The smallest absolute Gasteiger partial charge is 0.355 e. The molecular weight excluding hydrogens is 272 g/mol. The van der Waals surface area contributed by atoms with Gasteiger partial charge in [-0.2, -0.15) is 0 Å². The van der Waals surface area contributed by atoms with E-state index in [4.69, 9.17) is 21.2 Å². The van der Waals surface area contributed by atoms with E-state index in [9.17, 15) is 9.59 Å². The Balaban J connectivity index is 2.78. The molecule has 0 fully saturated rings. The van der Waals surface area contributed by atoms with Gasteiger partial charge in [-0.05, 0) is 18.6 Å². The molecule has 0 atom stereocenters. The summed E-state index contributed by atoms with van der Waals surface area (Å²) in [5, 5.41) is 0.272. The van der Waals surface area contributed by atoms with Crippen molar-refractivity contribution in [3.05, 3.63) is 22.7 Å². The first kappa shape index (κ1) is 15.3. The summed E-state index contributed by atoms with van der Waals surface area (Å²) in [5.74, 6) is -0.229. The first-order valence-electron chi connectivity index (χ1n) is 5.83. The largest absolute Gasteiger partial charge is 0.494 e. The molecule has 104 valence electrons. The number of rotatable bonds is 7. The fourth-order valence-electron chi connectivity index (χ4n) is 1.40. The van der Waals surface area contributed by atoms with Crippen LogP contribution in [0, 0.1) is 0 Å². The van der Waals surface area contributed by atoms with Crippen LogP contribution in [0.1, 0.15) is 36.5 Å². The zero-order valence-electron chi connectivity index (χ0n) is 10.8. The Hall–Kier alpha value is -1.75. The predicted molar refractivity (Wildman–Crippen MR) is 69.6 cm³/mol. The van der Waals surface area contributed by atoms with E-state index in [1.54, 1.807) is 0 Å². The molecule has 0 spiro atoms. The first-order chi connectivity index (χ1) is 9.13. The van der Waals surface area contributed by atoms with Gasteiger partial charge in [-0.15, -0.1) is 0 Å². The summed E-state index contributed by atoms with van der Waals surface area (Å²) in [5.41, 5.74) is 0.0956. The molecule has 1 rings (SSSR count). The van der Waals surface area contributed by atoms with Gasteiger partial charge in [-0.25, -0.2) is 4.79 Å². The molecule has 0 bridgehead atoms. The van der Waals surface area contributed by atoms with Gasteiger partial charge < -0.3 is 4.74 Å². The number of hydrogen-bond acceptors (Lipinski definition) is 5. The number of carbonyl (C=O) groups excluding carboxylic acids is 2. The van der Waals surface area contributed by atoms with Crippen LogP contribution in [0.2, 0.25) is 5.02 Å². The van der Waals surface area contributed by atoms with Crippen LogP contribution in [-0.4, -0.2) is 19.4 Å². The molecule has 6 heteroatoms. The molecule has 0 saturated heterocycles. The van der Waals surface area contributed by atoms with Crippen molar-refractivity contribution >= 4 is 23.9 Å². The van der Waals surface area contributed by atoms with Crippen molar-refractivity contribution < 1.29 is 24.1 Å². The summed E-state index contributed by atoms with van der Waals surface area (Å²) >= 11 is 5.86. The molecule has 1 aromatic carbocycles. The standard InChI is InChI=1S/C13H15ClO5/c1-3-4-5-12(16)19-18-11-7-6-10(14)13(17-2)9(11)8-15/h6-8H,3-5H2,1-2H3. The zero-order chi connectivity index (χ0) is 14.3. The van der Waals surface area contributed by atoms with Crippen LogP contribution >= 0.6 is 11.6 Å². The number of aldehydes is 1. The van der Waals surface area contributed by atoms with Gasteiger partial charge in [0.1, 0.15) is 5.56 Å². The monoisotopic (exact) mass is 286 g/mol. The van der Waals surface area contributed by atoms with Crippen molar-refractivity contribution in [2.24, 2.45) is 0 Å². The number of halogens is 1. The molecule has 0 unspecified atom stereocenters. The minimum atomic E-state index is -0.493. The second kappa shape index (κ2) is 7.63. The number of methoxy groups -OCH3 is 1. The molecule has 0 heterocycles. The molecule has 0 aromatic heterocycles. The molecule has 0 aliphatic rings. The fourth-order valence-corrected chi connectivity index (χ4v) is 1.64. The van der Waals surface area contributed by atoms with Gasteiger partial charge in [-0.3, -0.25) is 14.6 Å². The zero-order valence-corrected chi connectivity index (χ0v) is 11.5. The predicted octanol–water partition coefficient (Wildman–Crippen LogP) is 3.19. The molecule has 19 heavy (non-hydrogen) atoms. The molecule has 0 N–H and O–H groups in total. The average molecular weight is 287 g/mol. The first-order valence-corrected chi connectivity index (χ1v) is 6.20. The summed E-state index contributed by atoms with van der Waals surface area (Å²) in [6, 6.07) is 2.92. The van der Waals surface area contributed by atoms with E-state index in [1.165, 1.54) is 19.2 Å². The van der Waals surface area contributed by atoms with E-state index in [1.807, 2.05) is 6.92 Å². The summed E-state index contributed by atoms with van der Waals surface area (Å²) in [6.45, 7) is 1.96. The van der Waals surface area contributed by atoms with Gasteiger partial charge in [0.15, 0.2) is 17.8 Å². The van der Waals surface area contributed by atoms with Gasteiger partial charge in [0.2, 0.25) is 0 Å². The van der Waals surface area contributed by atoms with Crippen LogP contribution in [0.15, 0.2) is 12.1 Å². The minimum Gasteiger partial charge on any atom is -0.494 e. The lowest BCUT2D eigenvalue weighted by molar-refractivity contribution is -0.214. The second-order valence-corrected chi connectivity index (χ2v) is 4.16. The van der Waals surface area contributed by atoms with Gasteiger partial charge in [0, 0.05) is 0 Å². The Morgan fingerprint density at radius 2 is 2.16 bits per heavy atom. The third-order valence-electron chi connectivity index (χ3n) is 2.39. The Morgan fingerprint density at radius 1 is 1.42 bits per heavy atom. The normalized spacial score (nSPS) is 9.84. The Morgan fingerprint density at radius 3 is 2.74 bits per heavy atom. The maximum Gasteiger partial charge on any atom is 0.355 e. The average Bonchev–Trinajstić information content (AvgIpc) is 2.43. The summed E-state index contributed by atoms with van der Waals surface area (Å²) in [7, 11) is 1.38. The van der Waals surface area contributed by atoms with Crippen molar-refractivity contribution in [3.63, 3.8) is 0 Å². The molecule has 5 nitrogen and oxygen atoms in total. The molecule has 0 amide bonds. The van der Waals surface area contributed by atoms with Gasteiger partial charge >= 0.3 is 5.97 Å². The van der Waals surface area contributed by atoms with E-state index >= 15 is 0 Å². The Labute approximate surface area is 116 Å². The molecule has 0 radical (unpaired) electrons.